The van der Waals surface area contributed by atoms with Crippen LogP contribution in [0.15, 0.2) is 0 Å². The zero-order chi connectivity index (χ0) is 12.3. The van der Waals surface area contributed by atoms with Crippen LogP contribution in [-0.4, -0.2) is 31.2 Å². The summed E-state index contributed by atoms with van der Waals surface area (Å²) in [6.45, 7) is 3.43. The summed E-state index contributed by atoms with van der Waals surface area (Å²) in [7, 11) is 0. The minimum Gasteiger partial charge on any atom is -0.378 e. The van der Waals surface area contributed by atoms with E-state index in [1.54, 1.807) is 0 Å². The van der Waals surface area contributed by atoms with Crippen molar-refractivity contribution in [3.63, 3.8) is 0 Å². The van der Waals surface area contributed by atoms with Crippen LogP contribution < -0.4 is 11.1 Å². The van der Waals surface area contributed by atoms with E-state index in [1.165, 1.54) is 12.8 Å². The zero-order valence-electron chi connectivity index (χ0n) is 10.7. The van der Waals surface area contributed by atoms with Crippen LogP contribution in [-0.2, 0) is 9.53 Å². The van der Waals surface area contributed by atoms with E-state index < -0.39 is 0 Å². The van der Waals surface area contributed by atoms with Gasteiger partial charge >= 0.3 is 0 Å². The first-order chi connectivity index (χ1) is 8.19. The molecule has 98 valence electrons. The van der Waals surface area contributed by atoms with Crippen LogP contribution in [0.1, 0.15) is 39.0 Å². The van der Waals surface area contributed by atoms with Crippen molar-refractivity contribution in [1.82, 2.24) is 5.32 Å². The Balaban J connectivity index is 1.52. The number of nitrogens with two attached hydrogens (primary N) is 1. The average molecular weight is 240 g/mol. The van der Waals surface area contributed by atoms with Gasteiger partial charge < -0.3 is 15.8 Å². The molecule has 0 bridgehead atoms. The van der Waals surface area contributed by atoms with E-state index in [2.05, 4.69) is 5.32 Å². The van der Waals surface area contributed by atoms with E-state index in [9.17, 15) is 4.79 Å². The predicted octanol–water partition coefficient (Wildman–Crippen LogP) is 1.05. The van der Waals surface area contributed by atoms with Gasteiger partial charge in [-0.1, -0.05) is 0 Å². The van der Waals surface area contributed by atoms with Crippen LogP contribution in [0.25, 0.3) is 0 Å². The summed E-state index contributed by atoms with van der Waals surface area (Å²) < 4.78 is 5.48. The summed E-state index contributed by atoms with van der Waals surface area (Å²) >= 11 is 0. The molecule has 2 aliphatic rings. The molecule has 3 N–H and O–H groups in total. The lowest BCUT2D eigenvalue weighted by atomic mass is 9.80. The highest BCUT2D eigenvalue weighted by Gasteiger charge is 2.32. The predicted molar refractivity (Wildman–Crippen MR) is 66.5 cm³/mol. The minimum absolute atomic E-state index is 0.154. The lowest BCUT2D eigenvalue weighted by Gasteiger charge is -2.34. The summed E-state index contributed by atoms with van der Waals surface area (Å²) in [6.07, 6.45) is 5.57. The number of hydrogen-bond acceptors (Lipinski definition) is 3. The molecule has 2 aliphatic carbocycles. The van der Waals surface area contributed by atoms with E-state index in [0.717, 1.165) is 19.4 Å². The Hall–Kier alpha value is -0.610. The Bertz CT molecular complexity index is 260. The smallest absolute Gasteiger partial charge is 0.220 e. The molecule has 0 aromatic heterocycles. The quantitative estimate of drug-likeness (QED) is 0.699. The number of carbonyl (C=O) groups excluding carboxylic acids is 1. The van der Waals surface area contributed by atoms with Gasteiger partial charge in [0.15, 0.2) is 0 Å². The molecule has 0 aromatic rings. The topological polar surface area (TPSA) is 64.3 Å². The monoisotopic (exact) mass is 240 g/mol. The van der Waals surface area contributed by atoms with Crippen LogP contribution in [0.4, 0.5) is 0 Å². The standard InChI is InChI=1S/C13H24N2O2/c1-2-17-11-5-9(6-11)7-13(16)15-8-12(14)10-3-4-10/h9-12H,2-8,14H2,1H3,(H,15,16). The van der Waals surface area contributed by atoms with Gasteiger partial charge in [-0.2, -0.15) is 0 Å². The van der Waals surface area contributed by atoms with Gasteiger partial charge in [-0.15, -0.1) is 0 Å². The fraction of sp³-hybridized carbons (Fsp3) is 0.923. The molecule has 1 amide bonds. The summed E-state index contributed by atoms with van der Waals surface area (Å²) in [5, 5.41) is 2.94. The molecule has 2 fully saturated rings. The number of amides is 1. The molecule has 1 atom stereocenters. The van der Waals surface area contributed by atoms with E-state index >= 15 is 0 Å². The molecule has 0 saturated heterocycles. The van der Waals surface area contributed by atoms with Crippen LogP contribution in [0.2, 0.25) is 0 Å². The number of nitrogens with one attached hydrogen (secondary N) is 1. The number of hydrogen-bond donors (Lipinski definition) is 2. The molecule has 17 heavy (non-hydrogen) atoms. The van der Waals surface area contributed by atoms with Crippen molar-refractivity contribution < 1.29 is 9.53 Å². The Labute approximate surface area is 103 Å². The Morgan fingerprint density at radius 1 is 1.47 bits per heavy atom. The molecular weight excluding hydrogens is 216 g/mol. The van der Waals surface area contributed by atoms with Gasteiger partial charge in [-0.3, -0.25) is 4.79 Å². The maximum atomic E-state index is 11.7. The molecular formula is C13H24N2O2. The van der Waals surface area contributed by atoms with Crippen LogP contribution in [0.3, 0.4) is 0 Å². The molecule has 2 rings (SSSR count). The molecule has 4 heteroatoms. The summed E-state index contributed by atoms with van der Waals surface area (Å²) in [5.41, 5.74) is 5.93. The van der Waals surface area contributed by atoms with Crippen molar-refractivity contribution in [3.05, 3.63) is 0 Å². The second-order valence-corrected chi connectivity index (χ2v) is 5.42. The fourth-order valence-electron chi connectivity index (χ4n) is 2.47. The Kier molecular flexibility index (Phi) is 4.40. The minimum atomic E-state index is 0.154. The zero-order valence-corrected chi connectivity index (χ0v) is 10.7. The van der Waals surface area contributed by atoms with E-state index in [0.29, 0.717) is 30.9 Å². The number of carbonyl (C=O) groups is 1. The van der Waals surface area contributed by atoms with Gasteiger partial charge in [0.2, 0.25) is 5.91 Å². The molecule has 1 unspecified atom stereocenters. The molecule has 0 aliphatic heterocycles. The van der Waals surface area contributed by atoms with Crippen LogP contribution in [0.5, 0.6) is 0 Å². The summed E-state index contributed by atoms with van der Waals surface area (Å²) in [4.78, 5) is 11.7. The van der Waals surface area contributed by atoms with Gasteiger partial charge in [-0.25, -0.2) is 0 Å². The van der Waals surface area contributed by atoms with Crippen LogP contribution in [0, 0.1) is 11.8 Å². The van der Waals surface area contributed by atoms with Crippen LogP contribution >= 0.6 is 0 Å². The van der Waals surface area contributed by atoms with Crippen molar-refractivity contribution in [2.24, 2.45) is 17.6 Å². The van der Waals surface area contributed by atoms with Crippen molar-refractivity contribution >= 4 is 5.91 Å². The Morgan fingerprint density at radius 3 is 2.76 bits per heavy atom. The van der Waals surface area contributed by atoms with Crippen molar-refractivity contribution in [1.29, 1.82) is 0 Å². The SMILES string of the molecule is CCOC1CC(CC(=O)NCC(N)C2CC2)C1. The van der Waals surface area contributed by atoms with Gasteiger partial charge in [0.25, 0.3) is 0 Å². The van der Waals surface area contributed by atoms with Gasteiger partial charge in [-0.05, 0) is 44.4 Å². The number of rotatable bonds is 7. The average Bonchev–Trinajstić information content (AvgIpc) is 3.06. The lowest BCUT2D eigenvalue weighted by molar-refractivity contribution is -0.124. The summed E-state index contributed by atoms with van der Waals surface area (Å²) in [6, 6.07) is 0.163. The second kappa shape index (κ2) is 5.83. The highest BCUT2D eigenvalue weighted by molar-refractivity contribution is 5.76. The summed E-state index contributed by atoms with van der Waals surface area (Å²) in [5.74, 6) is 1.33. The van der Waals surface area contributed by atoms with Crippen molar-refractivity contribution in [2.45, 2.75) is 51.2 Å². The number of ether oxygens (including phenoxy) is 1. The normalized spacial score (nSPS) is 29.5. The largest absolute Gasteiger partial charge is 0.378 e. The van der Waals surface area contributed by atoms with E-state index in [-0.39, 0.29) is 11.9 Å². The Morgan fingerprint density at radius 2 is 2.18 bits per heavy atom. The molecule has 0 aromatic carbocycles. The maximum Gasteiger partial charge on any atom is 0.220 e. The third-order valence-corrected chi connectivity index (χ3v) is 3.83. The van der Waals surface area contributed by atoms with E-state index in [1.807, 2.05) is 6.92 Å². The van der Waals surface area contributed by atoms with E-state index in [4.69, 9.17) is 10.5 Å². The highest BCUT2D eigenvalue weighted by Crippen LogP contribution is 2.33. The molecule has 0 heterocycles. The molecule has 0 radical (unpaired) electrons. The van der Waals surface area contributed by atoms with Crippen molar-refractivity contribution in [3.8, 4) is 0 Å². The molecule has 2 saturated carbocycles. The van der Waals surface area contributed by atoms with Gasteiger partial charge in [0, 0.05) is 25.6 Å². The first-order valence-electron chi connectivity index (χ1n) is 6.83. The maximum absolute atomic E-state index is 11.7. The fourth-order valence-corrected chi connectivity index (χ4v) is 2.47. The third-order valence-electron chi connectivity index (χ3n) is 3.83. The first kappa shape index (κ1) is 12.8. The van der Waals surface area contributed by atoms with Gasteiger partial charge in [0.05, 0.1) is 6.10 Å². The first-order valence-corrected chi connectivity index (χ1v) is 6.83. The second-order valence-electron chi connectivity index (χ2n) is 5.42. The highest BCUT2D eigenvalue weighted by atomic mass is 16.5. The molecule has 0 spiro atoms. The van der Waals surface area contributed by atoms with Crippen molar-refractivity contribution in [2.75, 3.05) is 13.2 Å². The molecule has 4 nitrogen and oxygen atoms in total. The van der Waals surface area contributed by atoms with Gasteiger partial charge in [0.1, 0.15) is 0 Å². The lowest BCUT2D eigenvalue weighted by Crippen LogP contribution is -2.41. The third kappa shape index (κ3) is 3.96.